The van der Waals surface area contributed by atoms with Gasteiger partial charge in [-0.3, -0.25) is 9.59 Å². The predicted molar refractivity (Wildman–Crippen MR) is 127 cm³/mol. The van der Waals surface area contributed by atoms with Gasteiger partial charge >= 0.3 is 11.9 Å². The average molecular weight is 450 g/mol. The molecule has 32 heavy (non-hydrogen) atoms. The first kappa shape index (κ1) is 25.5. The van der Waals surface area contributed by atoms with Gasteiger partial charge in [0.05, 0.1) is 5.92 Å². The molecule has 0 spiro atoms. The van der Waals surface area contributed by atoms with E-state index in [9.17, 15) is 9.59 Å². The van der Waals surface area contributed by atoms with Gasteiger partial charge < -0.3 is 15.9 Å². The normalized spacial score (nSPS) is 37.2. The molecule has 4 fully saturated rings. The summed E-state index contributed by atoms with van der Waals surface area (Å²) in [6, 6.07) is 0. The maximum absolute atomic E-state index is 11.0. The van der Waals surface area contributed by atoms with Crippen molar-refractivity contribution >= 4 is 11.9 Å². The van der Waals surface area contributed by atoms with E-state index in [2.05, 4.69) is 6.92 Å². The molecule has 0 amide bonds. The number of nitrogens with two attached hydrogens (primary N) is 1. The van der Waals surface area contributed by atoms with Crippen molar-refractivity contribution in [1.29, 1.82) is 0 Å². The van der Waals surface area contributed by atoms with E-state index >= 15 is 0 Å². The zero-order valence-electron chi connectivity index (χ0n) is 20.3. The van der Waals surface area contributed by atoms with Crippen molar-refractivity contribution < 1.29 is 19.8 Å². The number of rotatable bonds is 4. The standard InChI is InChI=1S/C14H24O2.C13H23NO2/c1-10-9-12(7-8-13(10)14(15)16)11-5-3-2-4-6-11;14-13(12(15)16)8-6-11(7-9-13)10-4-2-1-3-5-10/h10-13H,2-9H2,1H3,(H,15,16);10-11H,1-9,14H2,(H,15,16). The molecule has 0 radical (unpaired) electrons. The molecule has 5 heteroatoms. The zero-order chi connectivity index (χ0) is 23.1. The van der Waals surface area contributed by atoms with Crippen LogP contribution >= 0.6 is 0 Å². The van der Waals surface area contributed by atoms with Gasteiger partial charge in [0.1, 0.15) is 5.54 Å². The van der Waals surface area contributed by atoms with Gasteiger partial charge in [-0.05, 0) is 74.5 Å². The molecule has 0 aromatic rings. The SMILES string of the molecule is CC1CC(C2CCCCC2)CCC1C(=O)O.NC1(C(=O)O)CCC(C2CCCCC2)CC1. The first-order chi connectivity index (χ1) is 15.3. The lowest BCUT2D eigenvalue weighted by atomic mass is 9.67. The smallest absolute Gasteiger partial charge is 0.323 e. The lowest BCUT2D eigenvalue weighted by Crippen LogP contribution is -2.51. The Morgan fingerprint density at radius 1 is 0.688 bits per heavy atom. The van der Waals surface area contributed by atoms with Crippen LogP contribution in [0.5, 0.6) is 0 Å². The number of carboxylic acids is 2. The van der Waals surface area contributed by atoms with E-state index in [0.717, 1.165) is 55.8 Å². The minimum Gasteiger partial charge on any atom is -0.481 e. The van der Waals surface area contributed by atoms with Gasteiger partial charge in [0, 0.05) is 0 Å². The van der Waals surface area contributed by atoms with E-state index in [1.54, 1.807) is 0 Å². The van der Waals surface area contributed by atoms with E-state index in [-0.39, 0.29) is 5.92 Å². The van der Waals surface area contributed by atoms with Crippen LogP contribution in [0.25, 0.3) is 0 Å². The largest absolute Gasteiger partial charge is 0.481 e. The van der Waals surface area contributed by atoms with Crippen molar-refractivity contribution in [1.82, 2.24) is 0 Å². The summed E-state index contributed by atoms with van der Waals surface area (Å²) >= 11 is 0. The molecule has 4 aliphatic carbocycles. The molecule has 0 saturated heterocycles. The molecule has 4 saturated carbocycles. The van der Waals surface area contributed by atoms with Crippen molar-refractivity contribution in [3.63, 3.8) is 0 Å². The monoisotopic (exact) mass is 449 g/mol. The lowest BCUT2D eigenvalue weighted by molar-refractivity contribution is -0.146. The van der Waals surface area contributed by atoms with Gasteiger partial charge in [0.25, 0.3) is 0 Å². The Bertz CT molecular complexity index is 601. The van der Waals surface area contributed by atoms with Crippen LogP contribution in [0.4, 0.5) is 0 Å². The molecule has 184 valence electrons. The summed E-state index contributed by atoms with van der Waals surface area (Å²) in [5, 5.41) is 18.2. The minimum atomic E-state index is -0.925. The van der Waals surface area contributed by atoms with Crippen LogP contribution in [0.15, 0.2) is 0 Å². The third kappa shape index (κ3) is 6.71. The fourth-order valence-corrected chi connectivity index (χ4v) is 7.28. The Kier molecular flexibility index (Phi) is 9.45. The van der Waals surface area contributed by atoms with Crippen LogP contribution in [-0.2, 0) is 9.59 Å². The molecule has 4 aliphatic rings. The highest BCUT2D eigenvalue weighted by Gasteiger charge is 2.40. The number of carbonyl (C=O) groups is 2. The third-order valence-electron chi connectivity index (χ3n) is 9.51. The number of hydrogen-bond donors (Lipinski definition) is 3. The fraction of sp³-hybridized carbons (Fsp3) is 0.926. The van der Waals surface area contributed by atoms with E-state index in [4.69, 9.17) is 15.9 Å². The molecule has 0 aromatic carbocycles. The van der Waals surface area contributed by atoms with E-state index in [1.165, 1.54) is 64.2 Å². The van der Waals surface area contributed by atoms with Crippen LogP contribution in [0, 0.1) is 35.5 Å². The highest BCUT2D eigenvalue weighted by atomic mass is 16.4. The Labute approximate surface area is 194 Å². The third-order valence-corrected chi connectivity index (χ3v) is 9.51. The molecule has 4 N–H and O–H groups in total. The van der Waals surface area contributed by atoms with Crippen molar-refractivity contribution in [2.24, 2.45) is 41.2 Å². The molecular formula is C27H47NO4. The van der Waals surface area contributed by atoms with Crippen molar-refractivity contribution in [2.45, 2.75) is 122 Å². The molecule has 3 unspecified atom stereocenters. The second kappa shape index (κ2) is 11.9. The second-order valence-corrected chi connectivity index (χ2v) is 11.6. The molecule has 0 bridgehead atoms. The second-order valence-electron chi connectivity index (χ2n) is 11.6. The van der Waals surface area contributed by atoms with Gasteiger partial charge in [-0.25, -0.2) is 0 Å². The van der Waals surface area contributed by atoms with Crippen molar-refractivity contribution in [3.8, 4) is 0 Å². The summed E-state index contributed by atoms with van der Waals surface area (Å²) in [6.07, 6.45) is 20.5. The fourth-order valence-electron chi connectivity index (χ4n) is 7.28. The summed E-state index contributed by atoms with van der Waals surface area (Å²) in [6.45, 7) is 2.13. The molecule has 4 rings (SSSR count). The number of hydrogen-bond acceptors (Lipinski definition) is 3. The summed E-state index contributed by atoms with van der Waals surface area (Å²) < 4.78 is 0. The number of aliphatic carboxylic acids is 2. The molecule has 0 heterocycles. The van der Waals surface area contributed by atoms with Gasteiger partial charge in [-0.15, -0.1) is 0 Å². The van der Waals surface area contributed by atoms with Gasteiger partial charge in [0.15, 0.2) is 0 Å². The first-order valence-electron chi connectivity index (χ1n) is 13.5. The maximum atomic E-state index is 11.0. The summed E-state index contributed by atoms with van der Waals surface area (Å²) in [7, 11) is 0. The number of carboxylic acid groups (broad SMARTS) is 2. The predicted octanol–water partition coefficient (Wildman–Crippen LogP) is 6.24. The van der Waals surface area contributed by atoms with Crippen LogP contribution in [0.1, 0.15) is 116 Å². The zero-order valence-corrected chi connectivity index (χ0v) is 20.3. The Morgan fingerprint density at radius 2 is 1.16 bits per heavy atom. The molecule has 5 nitrogen and oxygen atoms in total. The van der Waals surface area contributed by atoms with Crippen LogP contribution in [0.3, 0.4) is 0 Å². The Morgan fingerprint density at radius 3 is 1.59 bits per heavy atom. The topological polar surface area (TPSA) is 101 Å². The van der Waals surface area contributed by atoms with Crippen LogP contribution in [0.2, 0.25) is 0 Å². The lowest BCUT2D eigenvalue weighted by Gasteiger charge is -2.38. The summed E-state index contributed by atoms with van der Waals surface area (Å²) in [5.41, 5.74) is 4.97. The van der Waals surface area contributed by atoms with Crippen molar-refractivity contribution in [2.75, 3.05) is 0 Å². The maximum Gasteiger partial charge on any atom is 0.323 e. The van der Waals surface area contributed by atoms with Crippen LogP contribution in [-0.4, -0.2) is 27.7 Å². The van der Waals surface area contributed by atoms with Crippen LogP contribution < -0.4 is 5.73 Å². The van der Waals surface area contributed by atoms with E-state index in [1.807, 2.05) is 0 Å². The Hall–Kier alpha value is -1.10. The highest BCUT2D eigenvalue weighted by Crippen LogP contribution is 2.42. The molecule has 0 aliphatic heterocycles. The molecule has 0 aromatic heterocycles. The highest BCUT2D eigenvalue weighted by molar-refractivity contribution is 5.78. The van der Waals surface area contributed by atoms with Crippen molar-refractivity contribution in [3.05, 3.63) is 0 Å². The minimum absolute atomic E-state index is 0.0696. The quantitative estimate of drug-likeness (QED) is 0.471. The van der Waals surface area contributed by atoms with Gasteiger partial charge in [-0.1, -0.05) is 71.1 Å². The van der Waals surface area contributed by atoms with Gasteiger partial charge in [-0.2, -0.15) is 0 Å². The van der Waals surface area contributed by atoms with Gasteiger partial charge in [0.2, 0.25) is 0 Å². The summed E-state index contributed by atoms with van der Waals surface area (Å²) in [4.78, 5) is 22.1. The molecule has 3 atom stereocenters. The first-order valence-corrected chi connectivity index (χ1v) is 13.5. The Balaban J connectivity index is 0.000000181. The average Bonchev–Trinajstić information content (AvgIpc) is 2.81. The van der Waals surface area contributed by atoms with E-state index in [0.29, 0.717) is 18.8 Å². The summed E-state index contributed by atoms with van der Waals surface area (Å²) in [5.74, 6) is 2.27. The van der Waals surface area contributed by atoms with E-state index < -0.39 is 17.5 Å². The molecular weight excluding hydrogens is 402 g/mol.